The van der Waals surface area contributed by atoms with Crippen LogP contribution in [0.2, 0.25) is 0 Å². The van der Waals surface area contributed by atoms with Crippen molar-refractivity contribution in [3.63, 3.8) is 0 Å². The van der Waals surface area contributed by atoms with Gasteiger partial charge < -0.3 is 24.6 Å². The van der Waals surface area contributed by atoms with Crippen molar-refractivity contribution in [3.05, 3.63) is 88.0 Å². The highest BCUT2D eigenvalue weighted by Crippen LogP contribution is 2.44. The van der Waals surface area contributed by atoms with E-state index in [9.17, 15) is 19.2 Å². The topological polar surface area (TPSA) is 172 Å². The van der Waals surface area contributed by atoms with Crippen LogP contribution >= 0.6 is 0 Å². The minimum absolute atomic E-state index is 0.0188. The molecule has 6 aromatic rings. The van der Waals surface area contributed by atoms with Gasteiger partial charge in [-0.3, -0.25) is 38.8 Å². The Labute approximate surface area is 457 Å². The van der Waals surface area contributed by atoms with E-state index in [0.717, 1.165) is 101 Å². The number of anilines is 1. The first kappa shape index (κ1) is 51.4. The fourth-order valence-corrected chi connectivity index (χ4v) is 14.7. The fourth-order valence-electron chi connectivity index (χ4n) is 14.7. The molecule has 79 heavy (non-hydrogen) atoms. The summed E-state index contributed by atoms with van der Waals surface area (Å²) in [6.07, 6.45) is 18.6. The van der Waals surface area contributed by atoms with E-state index in [1.165, 1.54) is 6.07 Å². The number of fused-ring (bicyclic) bond motifs is 6. The van der Waals surface area contributed by atoms with Crippen LogP contribution in [0.5, 0.6) is 6.01 Å². The highest BCUT2D eigenvalue weighted by Gasteiger charge is 2.50. The summed E-state index contributed by atoms with van der Waals surface area (Å²) in [7, 11) is 1.76. The molecule has 3 amide bonds. The van der Waals surface area contributed by atoms with Crippen LogP contribution < -0.4 is 26.0 Å². The number of nitrogens with one attached hydrogen (secondary N) is 2. The van der Waals surface area contributed by atoms with Crippen LogP contribution in [0, 0.1) is 35.8 Å². The number of piperidine rings is 3. The first-order valence-electron chi connectivity index (χ1n) is 28.5. The fraction of sp³-hybridized carbons (Fsp3) is 0.517. The van der Waals surface area contributed by atoms with Gasteiger partial charge in [-0.05, 0) is 132 Å². The molecule has 7 aliphatic heterocycles. The Morgan fingerprint density at radius 1 is 0.886 bits per heavy atom. The second kappa shape index (κ2) is 20.9. The molecule has 2 bridgehead atoms. The Morgan fingerprint density at radius 3 is 2.43 bits per heavy atom. The van der Waals surface area contributed by atoms with Gasteiger partial charge in [-0.25, -0.2) is 18.4 Å². The van der Waals surface area contributed by atoms with Gasteiger partial charge in [0.2, 0.25) is 11.8 Å². The quantitative estimate of drug-likeness (QED) is 0.0932. The zero-order valence-electron chi connectivity index (χ0n) is 44.7. The molecule has 10 heterocycles. The van der Waals surface area contributed by atoms with Crippen LogP contribution in [0.25, 0.3) is 44.0 Å². The zero-order chi connectivity index (χ0) is 54.1. The third kappa shape index (κ3) is 9.46. The molecule has 19 heteroatoms. The van der Waals surface area contributed by atoms with Crippen molar-refractivity contribution in [1.82, 2.24) is 49.4 Å². The van der Waals surface area contributed by atoms with Crippen molar-refractivity contribution in [2.75, 3.05) is 63.9 Å². The van der Waals surface area contributed by atoms with E-state index < -0.39 is 23.6 Å². The Hall–Kier alpha value is -7.01. The Balaban J connectivity index is 0.620. The number of carbonyl (C=O) groups is 3. The highest BCUT2D eigenvalue weighted by atomic mass is 19.1. The number of likely N-dealkylation sites (tertiary alicyclic amines) is 2. The highest BCUT2D eigenvalue weighted by molar-refractivity contribution is 6.02. The number of halogens is 2. The van der Waals surface area contributed by atoms with Crippen molar-refractivity contribution in [1.29, 1.82) is 0 Å². The van der Waals surface area contributed by atoms with Crippen LogP contribution in [-0.4, -0.2) is 139 Å². The Bertz CT molecular complexity index is 3500. The first-order chi connectivity index (χ1) is 38.4. The average Bonchev–Trinajstić information content (AvgIpc) is 4.23. The van der Waals surface area contributed by atoms with Crippen molar-refractivity contribution in [2.45, 2.75) is 120 Å². The minimum Gasteiger partial charge on any atom is -0.461 e. The molecule has 0 saturated carbocycles. The number of rotatable bonds is 12. The van der Waals surface area contributed by atoms with E-state index in [-0.39, 0.29) is 58.5 Å². The lowest BCUT2D eigenvalue weighted by atomic mass is 9.83. The van der Waals surface area contributed by atoms with Gasteiger partial charge in [0.05, 0.1) is 27.5 Å². The number of hydrogen-bond donors (Lipinski definition) is 2. The van der Waals surface area contributed by atoms with Gasteiger partial charge in [0.15, 0.2) is 5.82 Å². The molecule has 0 radical (unpaired) electrons. The van der Waals surface area contributed by atoms with Crippen LogP contribution in [0.3, 0.4) is 0 Å². The molecule has 1 unspecified atom stereocenters. The number of terminal acetylenes is 1. The number of nitrogens with zero attached hydrogens (tertiary/aromatic N) is 9. The number of amides is 3. The van der Waals surface area contributed by atoms with Crippen LogP contribution in [-0.2, 0) is 27.9 Å². The lowest BCUT2D eigenvalue weighted by Crippen LogP contribution is -2.51. The number of ether oxygens (including phenoxy) is 2. The van der Waals surface area contributed by atoms with Crippen molar-refractivity contribution >= 4 is 56.4 Å². The molecule has 0 spiro atoms. The van der Waals surface area contributed by atoms with Crippen molar-refractivity contribution < 1.29 is 32.6 Å². The SMILES string of the molecule is C#Cc1c(F)ccc2cccc(-c3ncc4c(N5C[C@H]6CC[C@@H](C5)N6)nc(OC[C@@]56CCCN5[C@H](COC(=O)N5CCC(CC7CCN(Cc8cccc9c8n(C)c(=O)n9C8CCC(=O)NC8=O)CC7)CC5)CC6)nc4c3F)c12. The minimum atomic E-state index is -0.711. The van der Waals surface area contributed by atoms with Crippen LogP contribution in [0.4, 0.5) is 19.4 Å². The third-order valence-electron chi connectivity index (χ3n) is 18.8. The molecule has 7 fully saturated rings. The van der Waals surface area contributed by atoms with Gasteiger partial charge in [-0.2, -0.15) is 9.97 Å². The number of para-hydroxylation sites is 1. The van der Waals surface area contributed by atoms with Gasteiger partial charge in [-0.15, -0.1) is 6.42 Å². The molecule has 2 N–H and O–H groups in total. The number of hydrogen-bond acceptors (Lipinski definition) is 13. The maximum atomic E-state index is 17.2. The predicted molar refractivity (Wildman–Crippen MR) is 294 cm³/mol. The number of piperazine rings is 1. The first-order valence-corrected chi connectivity index (χ1v) is 28.5. The second-order valence-electron chi connectivity index (χ2n) is 23.5. The summed E-state index contributed by atoms with van der Waals surface area (Å²) in [6.45, 7) is 6.87. The Morgan fingerprint density at radius 2 is 1.66 bits per heavy atom. The summed E-state index contributed by atoms with van der Waals surface area (Å²) in [6, 6.07) is 14.2. The maximum Gasteiger partial charge on any atom is 0.409 e. The van der Waals surface area contributed by atoms with E-state index in [1.54, 1.807) is 40.6 Å². The number of carbonyl (C=O) groups excluding carboxylic acids is 3. The summed E-state index contributed by atoms with van der Waals surface area (Å²) in [5, 5.41) is 7.64. The average molecular weight is 1080 g/mol. The normalized spacial score (nSPS) is 25.1. The van der Waals surface area contributed by atoms with Crippen LogP contribution in [0.1, 0.15) is 101 Å². The number of imide groups is 1. The van der Waals surface area contributed by atoms with E-state index in [1.807, 2.05) is 23.1 Å². The van der Waals surface area contributed by atoms with Gasteiger partial charge in [0.1, 0.15) is 42.1 Å². The summed E-state index contributed by atoms with van der Waals surface area (Å²) in [5.41, 5.74) is 2.56. The number of aryl methyl sites for hydroxylation is 1. The smallest absolute Gasteiger partial charge is 0.409 e. The van der Waals surface area contributed by atoms with E-state index in [0.29, 0.717) is 109 Å². The van der Waals surface area contributed by atoms with Gasteiger partial charge in [0.25, 0.3) is 0 Å². The predicted octanol–water partition coefficient (Wildman–Crippen LogP) is 7.20. The molecule has 7 aliphatic rings. The maximum absolute atomic E-state index is 17.2. The molecule has 412 valence electrons. The van der Waals surface area contributed by atoms with E-state index in [2.05, 4.69) is 42.3 Å². The summed E-state index contributed by atoms with van der Waals surface area (Å²) in [5.74, 6) is 2.26. The third-order valence-corrected chi connectivity index (χ3v) is 18.8. The molecule has 3 aromatic carbocycles. The van der Waals surface area contributed by atoms with E-state index in [4.69, 9.17) is 25.9 Å². The molecule has 13 rings (SSSR count). The Kier molecular flexibility index (Phi) is 13.6. The number of aromatic nitrogens is 5. The molecular formula is C60H67F2N11O6. The number of imidazole rings is 1. The summed E-state index contributed by atoms with van der Waals surface area (Å²) >= 11 is 0. The lowest BCUT2D eigenvalue weighted by Gasteiger charge is -2.37. The van der Waals surface area contributed by atoms with Crippen molar-refractivity contribution in [2.24, 2.45) is 18.9 Å². The zero-order valence-corrected chi connectivity index (χ0v) is 44.7. The van der Waals surface area contributed by atoms with Gasteiger partial charge >= 0.3 is 17.8 Å². The lowest BCUT2D eigenvalue weighted by molar-refractivity contribution is -0.135. The van der Waals surface area contributed by atoms with E-state index >= 15 is 8.78 Å². The molecular weight excluding hydrogens is 1010 g/mol. The molecule has 3 aromatic heterocycles. The van der Waals surface area contributed by atoms with Gasteiger partial charge in [-0.1, -0.05) is 42.3 Å². The number of benzene rings is 3. The van der Waals surface area contributed by atoms with Gasteiger partial charge in [0, 0.05) is 81.5 Å². The summed E-state index contributed by atoms with van der Waals surface area (Å²) < 4.78 is 48.2. The monoisotopic (exact) mass is 1080 g/mol. The van der Waals surface area contributed by atoms with Crippen molar-refractivity contribution in [3.8, 4) is 29.6 Å². The molecule has 17 nitrogen and oxygen atoms in total. The largest absolute Gasteiger partial charge is 0.461 e. The summed E-state index contributed by atoms with van der Waals surface area (Å²) in [4.78, 5) is 75.1. The molecule has 5 atom stereocenters. The van der Waals surface area contributed by atoms with Crippen LogP contribution in [0.15, 0.2) is 59.5 Å². The second-order valence-corrected chi connectivity index (χ2v) is 23.5. The molecule has 0 aliphatic carbocycles. The molecule has 7 saturated heterocycles. The number of pyridine rings is 1. The standard InChI is InChI=1S/C60H67F2N11O6/c1-3-43-46(61)14-11-38-7-4-9-44(50(38)43)52-51(62)53-45(30-63-52)55(71-32-40-12-13-41(33-71)64-40)67-57(66-53)79-35-60-22-6-24-72(60)42(17-23-60)34-78-59(77)70-27-20-37(21-28-70)29-36-18-25-69(26-19-36)31-39-8-5-10-47-54(39)68(2)58(76)73(47)48-15-16-49(74)65-56(48)75/h1,4-5,7-11,14,30,36-37,40-42,48,64H,6,12-13,15-29,31-35H2,2H3,(H,65,74,75)/t40-,41+,42-,48?,60-/m0/s1.